The fraction of sp³-hybridized carbons (Fsp3) is 0. The zero-order valence-electron chi connectivity index (χ0n) is 5.58. The van der Waals surface area contributed by atoms with Gasteiger partial charge in [-0.3, -0.25) is 4.79 Å². The van der Waals surface area contributed by atoms with Crippen LogP contribution in [0.25, 0.3) is 0 Å². The summed E-state index contributed by atoms with van der Waals surface area (Å²) in [5, 5.41) is 0. The molecule has 0 saturated carbocycles. The van der Waals surface area contributed by atoms with E-state index in [1.807, 2.05) is 6.07 Å². The zero-order valence-corrected chi connectivity index (χ0v) is 11.1. The predicted octanol–water partition coefficient (Wildman–Crippen LogP) is 0.783. The minimum atomic E-state index is -0.379. The van der Waals surface area contributed by atoms with Crippen molar-refractivity contribution in [2.45, 2.75) is 0 Å². The van der Waals surface area contributed by atoms with Gasteiger partial charge >= 0.3 is 0 Å². The van der Waals surface area contributed by atoms with Gasteiger partial charge in [0.1, 0.15) is 0 Å². The number of hydrogen-bond donors (Lipinski definition) is 1. The van der Waals surface area contributed by atoms with Crippen molar-refractivity contribution >= 4 is 5.91 Å². The largest absolute Gasteiger partial charge is 0.366 e. The first kappa shape index (κ1) is 9.63. The molecule has 48 valence electrons. The van der Waals surface area contributed by atoms with E-state index >= 15 is 0 Å². The van der Waals surface area contributed by atoms with E-state index in [1.165, 1.54) is 0 Å². The minimum absolute atomic E-state index is 0. The molecule has 0 aliphatic rings. The number of carbonyl (C=O) groups is 1. The Bertz CT molecular complexity index is 210. The fourth-order valence-electron chi connectivity index (χ4n) is 0.602. The summed E-state index contributed by atoms with van der Waals surface area (Å²) in [6, 6.07) is 8.76. The van der Waals surface area contributed by atoms with Gasteiger partial charge in [-0.2, -0.15) is 0 Å². The number of primary amides is 1. The van der Waals surface area contributed by atoms with Crippen molar-refractivity contribution in [1.29, 1.82) is 0 Å². The van der Waals surface area contributed by atoms with Crippen LogP contribution in [-0.4, -0.2) is 5.91 Å². The van der Waals surface area contributed by atoms with Crippen molar-refractivity contribution in [3.63, 3.8) is 0 Å². The van der Waals surface area contributed by atoms with Crippen LogP contribution in [0.15, 0.2) is 30.3 Å². The summed E-state index contributed by atoms with van der Waals surface area (Å²) < 4.78 is 0. The number of rotatable bonds is 1. The third-order valence-corrected chi connectivity index (χ3v) is 1.06. The summed E-state index contributed by atoms with van der Waals surface area (Å²) in [5.74, 6) is -0.379. The molecule has 0 heterocycles. The maximum absolute atomic E-state index is 10.4. The summed E-state index contributed by atoms with van der Waals surface area (Å²) in [6.07, 6.45) is 0. The van der Waals surface area contributed by atoms with Crippen LogP contribution >= 0.6 is 0 Å². The molecule has 0 radical (unpaired) electrons. The second-order valence-electron chi connectivity index (χ2n) is 1.73. The molecule has 1 rings (SSSR count). The molecule has 1 amide bonds. The van der Waals surface area contributed by atoms with Gasteiger partial charge < -0.3 is 5.73 Å². The standard InChI is InChI=1S/C7H7NO.Hg/c8-7(9)6-4-2-1-3-5-6;/h1-5H,(H2,8,9);. The van der Waals surface area contributed by atoms with Crippen molar-refractivity contribution in [3.8, 4) is 0 Å². The number of amides is 1. The van der Waals surface area contributed by atoms with Crippen LogP contribution in [-0.2, 0) is 27.7 Å². The van der Waals surface area contributed by atoms with Gasteiger partial charge in [0, 0.05) is 33.2 Å². The summed E-state index contributed by atoms with van der Waals surface area (Å²) >= 11 is 0. The Labute approximate surface area is 79.9 Å². The number of hydrogen-bond acceptors (Lipinski definition) is 1. The van der Waals surface area contributed by atoms with Gasteiger partial charge in [0.25, 0.3) is 0 Å². The van der Waals surface area contributed by atoms with Crippen molar-refractivity contribution in [2.24, 2.45) is 5.73 Å². The molecule has 0 fully saturated rings. The van der Waals surface area contributed by atoms with E-state index in [0.29, 0.717) is 5.56 Å². The van der Waals surface area contributed by atoms with Crippen molar-refractivity contribution in [1.82, 2.24) is 0 Å². The summed E-state index contributed by atoms with van der Waals surface area (Å²) in [6.45, 7) is 0. The molecule has 0 atom stereocenters. The Morgan fingerprint density at radius 3 is 2.00 bits per heavy atom. The molecule has 1 aromatic rings. The van der Waals surface area contributed by atoms with Crippen LogP contribution in [0.2, 0.25) is 0 Å². The second kappa shape index (κ2) is 4.44. The Morgan fingerprint density at radius 1 is 1.20 bits per heavy atom. The van der Waals surface area contributed by atoms with Gasteiger partial charge in [-0.25, -0.2) is 0 Å². The summed E-state index contributed by atoms with van der Waals surface area (Å²) in [5.41, 5.74) is 5.53. The van der Waals surface area contributed by atoms with E-state index in [4.69, 9.17) is 5.73 Å². The average Bonchev–Trinajstić information content (AvgIpc) is 1.90. The first-order chi connectivity index (χ1) is 4.30. The van der Waals surface area contributed by atoms with Crippen LogP contribution in [0, 0.1) is 0 Å². The van der Waals surface area contributed by atoms with Crippen LogP contribution in [0.5, 0.6) is 0 Å². The van der Waals surface area contributed by atoms with Gasteiger partial charge in [-0.05, 0) is 12.1 Å². The normalized spacial score (nSPS) is 8.00. The SMILES string of the molecule is NC(=O)c1ccccc1.[Hg]. The smallest absolute Gasteiger partial charge is 0.248 e. The number of nitrogens with two attached hydrogens (primary N) is 1. The van der Waals surface area contributed by atoms with Gasteiger partial charge in [0.2, 0.25) is 5.91 Å². The average molecular weight is 322 g/mol. The minimum Gasteiger partial charge on any atom is -0.366 e. The maximum Gasteiger partial charge on any atom is 0.248 e. The topological polar surface area (TPSA) is 43.1 Å². The molecule has 2 nitrogen and oxygen atoms in total. The molecule has 0 aliphatic heterocycles. The quantitative estimate of drug-likeness (QED) is 0.763. The van der Waals surface area contributed by atoms with Gasteiger partial charge in [-0.15, -0.1) is 0 Å². The number of carbonyl (C=O) groups excluding carboxylic acids is 1. The molecule has 1 aromatic carbocycles. The molecule has 0 aromatic heterocycles. The van der Waals surface area contributed by atoms with Gasteiger partial charge in [0.15, 0.2) is 0 Å². The third kappa shape index (κ3) is 2.48. The van der Waals surface area contributed by atoms with Crippen molar-refractivity contribution in [3.05, 3.63) is 35.9 Å². The van der Waals surface area contributed by atoms with Crippen molar-refractivity contribution in [2.75, 3.05) is 0 Å². The van der Waals surface area contributed by atoms with E-state index in [0.717, 1.165) is 0 Å². The third-order valence-electron chi connectivity index (χ3n) is 1.06. The van der Waals surface area contributed by atoms with E-state index in [2.05, 4.69) is 0 Å². The monoisotopic (exact) mass is 323 g/mol. The summed E-state index contributed by atoms with van der Waals surface area (Å²) in [7, 11) is 0. The first-order valence-electron chi connectivity index (χ1n) is 2.65. The fourth-order valence-corrected chi connectivity index (χ4v) is 0.602. The number of benzene rings is 1. The van der Waals surface area contributed by atoms with Crippen LogP contribution < -0.4 is 5.73 Å². The Balaban J connectivity index is 0.000000810. The predicted molar refractivity (Wildman–Crippen MR) is 35.0 cm³/mol. The van der Waals surface area contributed by atoms with E-state index in [-0.39, 0.29) is 33.6 Å². The van der Waals surface area contributed by atoms with Gasteiger partial charge in [0.05, 0.1) is 0 Å². The first-order valence-corrected chi connectivity index (χ1v) is 2.65. The second-order valence-corrected chi connectivity index (χ2v) is 1.73. The van der Waals surface area contributed by atoms with E-state index in [1.54, 1.807) is 24.3 Å². The zero-order chi connectivity index (χ0) is 6.69. The van der Waals surface area contributed by atoms with Crippen LogP contribution in [0.3, 0.4) is 0 Å². The Morgan fingerprint density at radius 2 is 1.70 bits per heavy atom. The van der Waals surface area contributed by atoms with Crippen LogP contribution in [0.4, 0.5) is 0 Å². The molecule has 0 aliphatic carbocycles. The molecule has 0 bridgehead atoms. The van der Waals surface area contributed by atoms with Crippen LogP contribution in [0.1, 0.15) is 10.4 Å². The molecule has 0 unspecified atom stereocenters. The Kier molecular flexibility index (Phi) is 4.28. The molecular formula is C7H7HgNO. The summed E-state index contributed by atoms with van der Waals surface area (Å²) in [4.78, 5) is 10.4. The molecule has 0 saturated heterocycles. The van der Waals surface area contributed by atoms with Gasteiger partial charge in [-0.1, -0.05) is 18.2 Å². The van der Waals surface area contributed by atoms with E-state index in [9.17, 15) is 4.79 Å². The molecule has 3 heteroatoms. The maximum atomic E-state index is 10.4. The molecular weight excluding hydrogens is 315 g/mol. The Hall–Kier alpha value is -0.375. The molecule has 2 N–H and O–H groups in total. The van der Waals surface area contributed by atoms with E-state index < -0.39 is 0 Å². The molecule has 10 heavy (non-hydrogen) atoms. The van der Waals surface area contributed by atoms with Crippen molar-refractivity contribution < 1.29 is 32.5 Å². The molecule has 0 spiro atoms.